The van der Waals surface area contributed by atoms with Crippen LogP contribution in [0.4, 0.5) is 0 Å². The Hall–Kier alpha value is -1.90. The number of benzene rings is 2. The van der Waals surface area contributed by atoms with Gasteiger partial charge in [-0.3, -0.25) is 0 Å². The summed E-state index contributed by atoms with van der Waals surface area (Å²) in [5.41, 5.74) is 1.59. The van der Waals surface area contributed by atoms with Gasteiger partial charge in [0.1, 0.15) is 10.6 Å². The molecule has 0 N–H and O–H groups in total. The lowest BCUT2D eigenvalue weighted by atomic mass is 10.1. The summed E-state index contributed by atoms with van der Waals surface area (Å²) >= 11 is 0. The van der Waals surface area contributed by atoms with E-state index in [0.29, 0.717) is 18.7 Å². The van der Waals surface area contributed by atoms with Crippen LogP contribution in [0, 0.1) is 13.8 Å². The Morgan fingerprint density at radius 1 is 0.815 bits per heavy atom. The van der Waals surface area contributed by atoms with E-state index in [9.17, 15) is 16.8 Å². The summed E-state index contributed by atoms with van der Waals surface area (Å²) in [5, 5.41) is 0. The van der Waals surface area contributed by atoms with Crippen LogP contribution in [0.25, 0.3) is 0 Å². The number of aryl methyl sites for hydroxylation is 2. The second-order valence-electron chi connectivity index (χ2n) is 6.74. The predicted molar refractivity (Wildman–Crippen MR) is 103 cm³/mol. The zero-order chi connectivity index (χ0) is 19.7. The normalized spacial score (nSPS) is 16.2. The van der Waals surface area contributed by atoms with Gasteiger partial charge in [0.2, 0.25) is 10.0 Å². The fourth-order valence-electron chi connectivity index (χ4n) is 3.00. The van der Waals surface area contributed by atoms with Crippen LogP contribution in [0.3, 0.4) is 0 Å². The molecule has 0 saturated carbocycles. The first-order chi connectivity index (χ1) is 12.7. The second kappa shape index (κ2) is 7.61. The molecule has 0 bridgehead atoms. The van der Waals surface area contributed by atoms with E-state index in [2.05, 4.69) is 0 Å². The molecular weight excluding hydrogens is 386 g/mol. The van der Waals surface area contributed by atoms with E-state index < -0.39 is 20.1 Å². The third kappa shape index (κ3) is 4.34. The first kappa shape index (κ1) is 19.9. The van der Waals surface area contributed by atoms with Crippen molar-refractivity contribution in [1.82, 2.24) is 4.31 Å². The lowest BCUT2D eigenvalue weighted by Gasteiger charge is -2.25. The standard InChI is InChI=1S/C19H23NO5S2/c1-15-6-7-16(2)19(14-15)25-27(23,24)18-10-8-17(9-11-18)26(21,22)20-12-4-3-5-13-20/h6-11,14H,3-5,12-13H2,1-2H3. The molecule has 2 aromatic rings. The Morgan fingerprint density at radius 3 is 2.04 bits per heavy atom. The summed E-state index contributed by atoms with van der Waals surface area (Å²) in [6, 6.07) is 10.5. The average Bonchev–Trinajstić information content (AvgIpc) is 2.65. The van der Waals surface area contributed by atoms with Gasteiger partial charge >= 0.3 is 10.1 Å². The second-order valence-corrected chi connectivity index (χ2v) is 10.2. The van der Waals surface area contributed by atoms with Crippen LogP contribution in [-0.2, 0) is 20.1 Å². The molecule has 1 heterocycles. The third-order valence-electron chi connectivity index (χ3n) is 4.61. The minimum atomic E-state index is -4.05. The van der Waals surface area contributed by atoms with Crippen LogP contribution < -0.4 is 4.18 Å². The molecule has 27 heavy (non-hydrogen) atoms. The Kier molecular flexibility index (Phi) is 5.60. The van der Waals surface area contributed by atoms with E-state index in [-0.39, 0.29) is 15.5 Å². The molecule has 8 heteroatoms. The lowest BCUT2D eigenvalue weighted by Crippen LogP contribution is -2.35. The van der Waals surface area contributed by atoms with Gasteiger partial charge in [-0.1, -0.05) is 18.6 Å². The maximum Gasteiger partial charge on any atom is 0.339 e. The van der Waals surface area contributed by atoms with Crippen LogP contribution >= 0.6 is 0 Å². The van der Waals surface area contributed by atoms with Gasteiger partial charge in [0, 0.05) is 13.1 Å². The van der Waals surface area contributed by atoms with Gasteiger partial charge in [-0.25, -0.2) is 8.42 Å². The molecule has 146 valence electrons. The molecule has 0 aromatic heterocycles. The van der Waals surface area contributed by atoms with E-state index >= 15 is 0 Å². The minimum Gasteiger partial charge on any atom is -0.379 e. The van der Waals surface area contributed by atoms with E-state index in [1.807, 2.05) is 13.0 Å². The largest absolute Gasteiger partial charge is 0.379 e. The van der Waals surface area contributed by atoms with Crippen molar-refractivity contribution in [3.8, 4) is 5.75 Å². The molecule has 3 rings (SSSR count). The van der Waals surface area contributed by atoms with E-state index in [0.717, 1.165) is 24.8 Å². The van der Waals surface area contributed by atoms with Crippen molar-refractivity contribution in [2.75, 3.05) is 13.1 Å². The van der Waals surface area contributed by atoms with Crippen LogP contribution in [0.1, 0.15) is 30.4 Å². The van der Waals surface area contributed by atoms with Crippen molar-refractivity contribution in [2.24, 2.45) is 0 Å². The van der Waals surface area contributed by atoms with Crippen molar-refractivity contribution in [1.29, 1.82) is 0 Å². The molecule has 0 aliphatic carbocycles. The molecule has 0 unspecified atom stereocenters. The minimum absolute atomic E-state index is 0.0824. The van der Waals surface area contributed by atoms with Gasteiger partial charge in [0.25, 0.3) is 0 Å². The number of hydrogen-bond acceptors (Lipinski definition) is 5. The smallest absolute Gasteiger partial charge is 0.339 e. The zero-order valence-corrected chi connectivity index (χ0v) is 17.0. The highest BCUT2D eigenvalue weighted by Gasteiger charge is 2.27. The fraction of sp³-hybridized carbons (Fsp3) is 0.368. The van der Waals surface area contributed by atoms with Gasteiger partial charge in [-0.05, 0) is 68.1 Å². The van der Waals surface area contributed by atoms with Crippen LogP contribution in [-0.4, -0.2) is 34.2 Å². The van der Waals surface area contributed by atoms with Crippen LogP contribution in [0.5, 0.6) is 5.75 Å². The molecule has 0 spiro atoms. The quantitative estimate of drug-likeness (QED) is 0.708. The third-order valence-corrected chi connectivity index (χ3v) is 7.77. The topological polar surface area (TPSA) is 80.8 Å². The fourth-order valence-corrected chi connectivity index (χ4v) is 5.49. The zero-order valence-electron chi connectivity index (χ0n) is 15.4. The van der Waals surface area contributed by atoms with Crippen molar-refractivity contribution in [3.63, 3.8) is 0 Å². The summed E-state index contributed by atoms with van der Waals surface area (Å²) in [7, 11) is -7.65. The highest BCUT2D eigenvalue weighted by molar-refractivity contribution is 7.89. The highest BCUT2D eigenvalue weighted by atomic mass is 32.2. The number of rotatable bonds is 5. The first-order valence-corrected chi connectivity index (χ1v) is 11.7. The number of nitrogens with zero attached hydrogens (tertiary/aromatic N) is 1. The molecule has 1 aliphatic rings. The first-order valence-electron chi connectivity index (χ1n) is 8.82. The van der Waals surface area contributed by atoms with Crippen molar-refractivity contribution in [3.05, 3.63) is 53.6 Å². The van der Waals surface area contributed by atoms with Gasteiger partial charge in [0.05, 0.1) is 4.90 Å². The number of hydrogen-bond donors (Lipinski definition) is 0. The summed E-state index contributed by atoms with van der Waals surface area (Å²) < 4.78 is 57.1. The molecule has 0 radical (unpaired) electrons. The van der Waals surface area contributed by atoms with Crippen molar-refractivity contribution >= 4 is 20.1 Å². The maximum absolute atomic E-state index is 12.7. The maximum atomic E-state index is 12.7. The van der Waals surface area contributed by atoms with Gasteiger partial charge in [-0.15, -0.1) is 0 Å². The number of piperidine rings is 1. The molecule has 2 aromatic carbocycles. The molecule has 6 nitrogen and oxygen atoms in total. The predicted octanol–water partition coefficient (Wildman–Crippen LogP) is 3.25. The van der Waals surface area contributed by atoms with Gasteiger partial charge in [0.15, 0.2) is 0 Å². The molecular formula is C19H23NO5S2. The Bertz CT molecular complexity index is 1020. The van der Waals surface area contributed by atoms with Crippen molar-refractivity contribution in [2.45, 2.75) is 42.9 Å². The average molecular weight is 410 g/mol. The lowest BCUT2D eigenvalue weighted by molar-refractivity contribution is 0.346. The van der Waals surface area contributed by atoms with Crippen molar-refractivity contribution < 1.29 is 21.0 Å². The summed E-state index contributed by atoms with van der Waals surface area (Å²) in [6.45, 7) is 4.61. The van der Waals surface area contributed by atoms with Gasteiger partial charge < -0.3 is 4.18 Å². The van der Waals surface area contributed by atoms with Crippen LogP contribution in [0.2, 0.25) is 0 Å². The Morgan fingerprint density at radius 2 is 1.41 bits per heavy atom. The highest BCUT2D eigenvalue weighted by Crippen LogP contribution is 2.26. The Labute approximate surface area is 161 Å². The molecule has 1 fully saturated rings. The monoisotopic (exact) mass is 409 g/mol. The summed E-state index contributed by atoms with van der Waals surface area (Å²) in [5.74, 6) is 0.264. The molecule has 0 atom stereocenters. The Balaban J connectivity index is 1.84. The molecule has 1 aliphatic heterocycles. The summed E-state index contributed by atoms with van der Waals surface area (Å²) in [6.07, 6.45) is 2.71. The van der Waals surface area contributed by atoms with E-state index in [4.69, 9.17) is 4.18 Å². The summed E-state index contributed by atoms with van der Waals surface area (Å²) in [4.78, 5) is 0.0103. The molecule has 1 saturated heterocycles. The van der Waals surface area contributed by atoms with E-state index in [1.165, 1.54) is 28.6 Å². The van der Waals surface area contributed by atoms with E-state index in [1.54, 1.807) is 19.1 Å². The van der Waals surface area contributed by atoms with Crippen LogP contribution in [0.15, 0.2) is 52.3 Å². The SMILES string of the molecule is Cc1ccc(C)c(OS(=O)(=O)c2ccc(S(=O)(=O)N3CCCCC3)cc2)c1. The molecule has 0 amide bonds. The number of sulfonamides is 1. The van der Waals surface area contributed by atoms with Gasteiger partial charge in [-0.2, -0.15) is 12.7 Å².